The summed E-state index contributed by atoms with van der Waals surface area (Å²) in [5, 5.41) is 3.06. The minimum absolute atomic E-state index is 0.229. The van der Waals surface area contributed by atoms with Crippen molar-refractivity contribution in [3.63, 3.8) is 0 Å². The van der Waals surface area contributed by atoms with Gasteiger partial charge in [0.05, 0.1) is 17.7 Å². The van der Waals surface area contributed by atoms with E-state index >= 15 is 0 Å². The number of rotatable bonds is 5. The predicted molar refractivity (Wildman–Crippen MR) is 101 cm³/mol. The number of amides is 1. The molecule has 1 saturated heterocycles. The van der Waals surface area contributed by atoms with E-state index in [-0.39, 0.29) is 18.3 Å². The molecule has 0 spiro atoms. The van der Waals surface area contributed by atoms with Crippen LogP contribution in [0.25, 0.3) is 6.08 Å². The molecular formula is C19H15FN2O4S. The van der Waals surface area contributed by atoms with Crippen molar-refractivity contribution in [3.05, 3.63) is 64.8 Å². The highest BCUT2D eigenvalue weighted by atomic mass is 32.2. The summed E-state index contributed by atoms with van der Waals surface area (Å²) in [5.41, 5.74) is 1.17. The Bertz CT molecular complexity index is 926. The number of thioether (sulfide) groups is 1. The van der Waals surface area contributed by atoms with Gasteiger partial charge in [0.2, 0.25) is 0 Å². The minimum Gasteiger partial charge on any atom is -0.481 e. The van der Waals surface area contributed by atoms with Crippen LogP contribution in [0.5, 0.6) is 5.75 Å². The molecule has 2 aromatic carbocycles. The summed E-state index contributed by atoms with van der Waals surface area (Å²) in [6, 6.07) is 12.7. The molecule has 6 nitrogen and oxygen atoms in total. The number of hydrogen-bond acceptors (Lipinski definition) is 6. The van der Waals surface area contributed by atoms with Crippen molar-refractivity contribution in [2.75, 3.05) is 13.7 Å². The molecule has 1 amide bonds. The van der Waals surface area contributed by atoms with Crippen molar-refractivity contribution in [1.82, 2.24) is 5.32 Å². The van der Waals surface area contributed by atoms with Gasteiger partial charge in [-0.25, -0.2) is 14.2 Å². The fourth-order valence-electron chi connectivity index (χ4n) is 2.18. The van der Waals surface area contributed by atoms with Crippen LogP contribution in [0.4, 0.5) is 10.1 Å². The highest BCUT2D eigenvalue weighted by molar-refractivity contribution is 8.18. The van der Waals surface area contributed by atoms with E-state index in [2.05, 4.69) is 15.0 Å². The molecule has 0 atom stereocenters. The molecule has 0 aromatic heterocycles. The van der Waals surface area contributed by atoms with E-state index in [4.69, 9.17) is 4.74 Å². The molecule has 2 aromatic rings. The fraction of sp³-hybridized carbons (Fsp3) is 0.105. The second kappa shape index (κ2) is 8.50. The van der Waals surface area contributed by atoms with E-state index in [1.807, 2.05) is 0 Å². The number of halogens is 1. The lowest BCUT2D eigenvalue weighted by atomic mass is 10.2. The molecule has 0 saturated carbocycles. The third-order valence-corrected chi connectivity index (χ3v) is 4.40. The summed E-state index contributed by atoms with van der Waals surface area (Å²) in [5.74, 6) is -0.707. The molecule has 138 valence electrons. The van der Waals surface area contributed by atoms with Crippen molar-refractivity contribution in [3.8, 4) is 5.75 Å². The third kappa shape index (κ3) is 4.95. The van der Waals surface area contributed by atoms with Gasteiger partial charge in [-0.15, -0.1) is 0 Å². The van der Waals surface area contributed by atoms with Gasteiger partial charge < -0.3 is 14.8 Å². The SMILES string of the molecule is COC(=O)COc1ccccc1/C=C1/SC(=Nc2ccc(F)cc2)NC1=O. The first-order chi connectivity index (χ1) is 13.0. The van der Waals surface area contributed by atoms with Gasteiger partial charge in [-0.05, 0) is 48.2 Å². The number of carbonyl (C=O) groups is 2. The Morgan fingerprint density at radius 2 is 1.96 bits per heavy atom. The first-order valence-electron chi connectivity index (χ1n) is 7.89. The predicted octanol–water partition coefficient (Wildman–Crippen LogP) is 3.27. The van der Waals surface area contributed by atoms with E-state index in [1.165, 1.54) is 31.4 Å². The van der Waals surface area contributed by atoms with Crippen molar-refractivity contribution in [2.45, 2.75) is 0 Å². The number of esters is 1. The van der Waals surface area contributed by atoms with Crippen molar-refractivity contribution >= 4 is 40.6 Å². The number of hydrogen-bond donors (Lipinski definition) is 1. The molecule has 3 rings (SSSR count). The number of benzene rings is 2. The summed E-state index contributed by atoms with van der Waals surface area (Å²) in [6.45, 7) is -0.229. The van der Waals surface area contributed by atoms with Crippen LogP contribution in [0, 0.1) is 5.82 Å². The zero-order valence-corrected chi connectivity index (χ0v) is 15.1. The summed E-state index contributed by atoms with van der Waals surface area (Å²) in [7, 11) is 1.28. The Balaban J connectivity index is 1.78. The van der Waals surface area contributed by atoms with Crippen LogP contribution in [-0.2, 0) is 14.3 Å². The van der Waals surface area contributed by atoms with E-state index in [1.54, 1.807) is 30.3 Å². The van der Waals surface area contributed by atoms with Gasteiger partial charge in [-0.3, -0.25) is 4.79 Å². The Kier molecular flexibility index (Phi) is 5.87. The van der Waals surface area contributed by atoms with Crippen molar-refractivity contribution in [2.24, 2.45) is 4.99 Å². The van der Waals surface area contributed by atoms with E-state index in [9.17, 15) is 14.0 Å². The van der Waals surface area contributed by atoms with Gasteiger partial charge in [0.15, 0.2) is 11.8 Å². The summed E-state index contributed by atoms with van der Waals surface area (Å²) in [4.78, 5) is 28.2. The van der Waals surface area contributed by atoms with Gasteiger partial charge in [0.1, 0.15) is 11.6 Å². The zero-order valence-electron chi connectivity index (χ0n) is 14.3. The number of ether oxygens (including phenoxy) is 2. The number of para-hydroxylation sites is 1. The molecule has 1 aliphatic heterocycles. The molecule has 0 bridgehead atoms. The maximum absolute atomic E-state index is 13.0. The second-order valence-electron chi connectivity index (χ2n) is 5.36. The Morgan fingerprint density at radius 1 is 1.22 bits per heavy atom. The highest BCUT2D eigenvalue weighted by Gasteiger charge is 2.24. The number of nitrogens with one attached hydrogen (secondary N) is 1. The molecule has 1 heterocycles. The lowest BCUT2D eigenvalue weighted by Gasteiger charge is -2.08. The smallest absolute Gasteiger partial charge is 0.343 e. The number of methoxy groups -OCH3 is 1. The maximum atomic E-state index is 13.0. The van der Waals surface area contributed by atoms with E-state index in [0.29, 0.717) is 27.1 Å². The lowest BCUT2D eigenvalue weighted by Crippen LogP contribution is -2.19. The monoisotopic (exact) mass is 386 g/mol. The standard InChI is InChI=1S/C19H15FN2O4S/c1-25-17(23)11-26-15-5-3-2-4-12(15)10-16-18(24)22-19(27-16)21-14-8-6-13(20)7-9-14/h2-10H,11H2,1H3,(H,21,22,24)/b16-10+. The number of amidine groups is 1. The van der Waals surface area contributed by atoms with Crippen LogP contribution >= 0.6 is 11.8 Å². The first kappa shape index (κ1) is 18.7. The minimum atomic E-state index is -0.501. The van der Waals surface area contributed by atoms with Crippen LogP contribution in [-0.4, -0.2) is 30.8 Å². The Hall–Kier alpha value is -3.13. The highest BCUT2D eigenvalue weighted by Crippen LogP contribution is 2.30. The van der Waals surface area contributed by atoms with Crippen molar-refractivity contribution < 1.29 is 23.5 Å². The zero-order chi connectivity index (χ0) is 19.2. The molecule has 1 N–H and O–H groups in total. The van der Waals surface area contributed by atoms with Crippen molar-refractivity contribution in [1.29, 1.82) is 0 Å². The van der Waals surface area contributed by atoms with E-state index in [0.717, 1.165) is 11.8 Å². The van der Waals surface area contributed by atoms with Gasteiger partial charge >= 0.3 is 5.97 Å². The molecule has 8 heteroatoms. The number of nitrogens with zero attached hydrogens (tertiary/aromatic N) is 1. The first-order valence-corrected chi connectivity index (χ1v) is 8.70. The van der Waals surface area contributed by atoms with Gasteiger partial charge in [0.25, 0.3) is 5.91 Å². The topological polar surface area (TPSA) is 77.0 Å². The fourth-order valence-corrected chi connectivity index (χ4v) is 3.01. The summed E-state index contributed by atoms with van der Waals surface area (Å²) < 4.78 is 23.0. The second-order valence-corrected chi connectivity index (χ2v) is 6.39. The van der Waals surface area contributed by atoms with Crippen LogP contribution in [0.3, 0.4) is 0 Å². The average molecular weight is 386 g/mol. The molecule has 0 radical (unpaired) electrons. The average Bonchev–Trinajstić information content (AvgIpc) is 3.01. The Labute approximate surface area is 159 Å². The van der Waals surface area contributed by atoms with Crippen LogP contribution in [0.2, 0.25) is 0 Å². The maximum Gasteiger partial charge on any atom is 0.343 e. The molecule has 1 aliphatic rings. The van der Waals surface area contributed by atoms with Gasteiger partial charge in [-0.2, -0.15) is 0 Å². The summed E-state index contributed by atoms with van der Waals surface area (Å²) in [6.07, 6.45) is 1.65. The molecular weight excluding hydrogens is 371 g/mol. The number of aliphatic imine (C=N–C) groups is 1. The molecule has 27 heavy (non-hydrogen) atoms. The third-order valence-electron chi connectivity index (χ3n) is 3.49. The Morgan fingerprint density at radius 3 is 2.70 bits per heavy atom. The van der Waals surface area contributed by atoms with E-state index < -0.39 is 5.97 Å². The quantitative estimate of drug-likeness (QED) is 0.630. The van der Waals surface area contributed by atoms with Gasteiger partial charge in [-0.1, -0.05) is 18.2 Å². The largest absolute Gasteiger partial charge is 0.481 e. The van der Waals surface area contributed by atoms with Gasteiger partial charge in [0, 0.05) is 5.56 Å². The normalized spacial score (nSPS) is 16.4. The molecule has 0 aliphatic carbocycles. The molecule has 0 unspecified atom stereocenters. The van der Waals surface area contributed by atoms with Crippen LogP contribution in [0.15, 0.2) is 58.4 Å². The molecule has 1 fully saturated rings. The number of carbonyl (C=O) groups excluding carboxylic acids is 2. The van der Waals surface area contributed by atoms with Crippen LogP contribution < -0.4 is 10.1 Å². The summed E-state index contributed by atoms with van der Waals surface area (Å²) >= 11 is 1.16. The van der Waals surface area contributed by atoms with Crippen LogP contribution in [0.1, 0.15) is 5.56 Å². The lowest BCUT2D eigenvalue weighted by molar-refractivity contribution is -0.142.